The highest BCUT2D eigenvalue weighted by Crippen LogP contribution is 2.40. The van der Waals surface area contributed by atoms with Crippen LogP contribution in [0.3, 0.4) is 0 Å². The van der Waals surface area contributed by atoms with Crippen molar-refractivity contribution in [2.75, 3.05) is 29.0 Å². The van der Waals surface area contributed by atoms with Gasteiger partial charge in [-0.2, -0.15) is 13.2 Å². The van der Waals surface area contributed by atoms with Crippen molar-refractivity contribution in [2.45, 2.75) is 32.4 Å². The van der Waals surface area contributed by atoms with E-state index in [4.69, 9.17) is 16.3 Å². The summed E-state index contributed by atoms with van der Waals surface area (Å²) >= 11 is 6.81. The van der Waals surface area contributed by atoms with Crippen LogP contribution in [0.25, 0.3) is 0 Å². The molecular formula is C20H20ClF3N2O5S2. The fourth-order valence-corrected chi connectivity index (χ4v) is 5.86. The number of fused-ring (bicyclic) bond motifs is 1. The first-order valence-corrected chi connectivity index (χ1v) is 12.8. The molecule has 0 bridgehead atoms. The highest BCUT2D eigenvalue weighted by atomic mass is 35.5. The van der Waals surface area contributed by atoms with Crippen LogP contribution in [0.4, 0.5) is 23.9 Å². The minimum Gasteiger partial charge on any atom is -0.462 e. The van der Waals surface area contributed by atoms with E-state index < -0.39 is 45.2 Å². The van der Waals surface area contributed by atoms with E-state index in [1.54, 1.807) is 6.92 Å². The maximum Gasteiger partial charge on any atom is 0.417 e. The first-order valence-electron chi connectivity index (χ1n) is 9.79. The van der Waals surface area contributed by atoms with Crippen molar-refractivity contribution in [3.63, 3.8) is 0 Å². The maximum absolute atomic E-state index is 13.2. The fraction of sp³-hybridized carbons (Fsp3) is 0.400. The van der Waals surface area contributed by atoms with E-state index in [1.807, 2.05) is 0 Å². The highest BCUT2D eigenvalue weighted by Gasteiger charge is 2.35. The second-order valence-corrected chi connectivity index (χ2v) is 10.7. The topological polar surface area (TPSA) is 92.8 Å². The van der Waals surface area contributed by atoms with Gasteiger partial charge in [0.05, 0.1) is 34.7 Å². The van der Waals surface area contributed by atoms with E-state index in [9.17, 15) is 31.2 Å². The Balaban J connectivity index is 1.90. The number of aryl methyl sites for hydroxylation is 1. The number of nitrogens with zero attached hydrogens (tertiary/aromatic N) is 1. The third kappa shape index (κ3) is 5.61. The number of amides is 1. The van der Waals surface area contributed by atoms with Gasteiger partial charge in [0.15, 0.2) is 0 Å². The van der Waals surface area contributed by atoms with Crippen LogP contribution < -0.4 is 9.62 Å². The lowest BCUT2D eigenvalue weighted by Gasteiger charge is -2.23. The van der Waals surface area contributed by atoms with Crippen molar-refractivity contribution in [3.8, 4) is 0 Å². The number of nitrogens with one attached hydrogen (secondary N) is 1. The number of hydrogen-bond donors (Lipinski definition) is 1. The number of carbonyl (C=O) groups is 2. The molecule has 0 atom stereocenters. The van der Waals surface area contributed by atoms with E-state index in [0.717, 1.165) is 41.7 Å². The molecule has 1 amide bonds. The Morgan fingerprint density at radius 3 is 2.58 bits per heavy atom. The molecule has 13 heteroatoms. The molecule has 0 radical (unpaired) electrons. The molecule has 0 aliphatic heterocycles. The van der Waals surface area contributed by atoms with Gasteiger partial charge in [-0.15, -0.1) is 11.3 Å². The summed E-state index contributed by atoms with van der Waals surface area (Å²) in [7, 11) is -4.14. The standard InChI is InChI=1S/C20H20ClF3N2O5S2/c1-3-31-19(28)17-12-5-4-6-15(12)32-18(17)25-16(27)10-26(33(2,29)30)11-7-8-14(21)13(9-11)20(22,23)24/h7-9H,3-6,10H2,1-2H3,(H,25,27). The Morgan fingerprint density at radius 2 is 1.97 bits per heavy atom. The summed E-state index contributed by atoms with van der Waals surface area (Å²) in [6.45, 7) is 0.980. The van der Waals surface area contributed by atoms with Crippen LogP contribution in [0.1, 0.15) is 39.7 Å². The predicted molar refractivity (Wildman–Crippen MR) is 120 cm³/mol. The average molecular weight is 525 g/mol. The number of rotatable bonds is 7. The van der Waals surface area contributed by atoms with Crippen LogP contribution in [0.15, 0.2) is 18.2 Å². The normalized spacial score (nSPS) is 13.5. The third-order valence-corrected chi connectivity index (χ3v) is 7.56. The average Bonchev–Trinajstić information content (AvgIpc) is 3.25. The van der Waals surface area contributed by atoms with Crippen molar-refractivity contribution in [2.24, 2.45) is 0 Å². The first kappa shape index (κ1) is 25.3. The lowest BCUT2D eigenvalue weighted by atomic mass is 10.1. The Morgan fingerprint density at radius 1 is 1.27 bits per heavy atom. The summed E-state index contributed by atoms with van der Waals surface area (Å²) in [5.74, 6) is -1.42. The number of sulfonamides is 1. The van der Waals surface area contributed by atoms with Gasteiger partial charge in [0.25, 0.3) is 0 Å². The molecule has 1 N–H and O–H groups in total. The zero-order valence-corrected chi connectivity index (χ0v) is 20.0. The number of ether oxygens (including phenoxy) is 1. The van der Waals surface area contributed by atoms with Crippen LogP contribution in [-0.2, 0) is 38.6 Å². The lowest BCUT2D eigenvalue weighted by molar-refractivity contribution is -0.137. The summed E-state index contributed by atoms with van der Waals surface area (Å²) in [5, 5.41) is 2.16. The van der Waals surface area contributed by atoms with Crippen LogP contribution in [0.5, 0.6) is 0 Å². The molecule has 7 nitrogen and oxygen atoms in total. The summed E-state index contributed by atoms with van der Waals surface area (Å²) in [6.07, 6.45) is -1.79. The Labute approximate surface area is 197 Å². The molecule has 0 saturated carbocycles. The zero-order chi connectivity index (χ0) is 24.6. The van der Waals surface area contributed by atoms with Crippen molar-refractivity contribution in [1.82, 2.24) is 0 Å². The number of carbonyl (C=O) groups excluding carboxylic acids is 2. The van der Waals surface area contributed by atoms with E-state index in [2.05, 4.69) is 5.32 Å². The fourth-order valence-electron chi connectivity index (χ4n) is 3.49. The Kier molecular flexibility index (Phi) is 7.30. The third-order valence-electron chi connectivity index (χ3n) is 4.88. The van der Waals surface area contributed by atoms with Gasteiger partial charge in [-0.25, -0.2) is 13.2 Å². The second kappa shape index (κ2) is 9.51. The molecule has 0 unspecified atom stereocenters. The van der Waals surface area contributed by atoms with E-state index >= 15 is 0 Å². The molecule has 1 aliphatic carbocycles. The van der Waals surface area contributed by atoms with Gasteiger partial charge >= 0.3 is 12.1 Å². The number of esters is 1. The summed E-state index contributed by atoms with van der Waals surface area (Å²) < 4.78 is 69.9. The van der Waals surface area contributed by atoms with Gasteiger partial charge in [-0.3, -0.25) is 9.10 Å². The molecule has 180 valence electrons. The number of alkyl halides is 3. The highest BCUT2D eigenvalue weighted by molar-refractivity contribution is 7.92. The van der Waals surface area contributed by atoms with Gasteiger partial charge in [-0.1, -0.05) is 11.6 Å². The van der Waals surface area contributed by atoms with Crippen LogP contribution in [-0.4, -0.2) is 39.7 Å². The molecule has 0 saturated heterocycles. The number of anilines is 2. The maximum atomic E-state index is 13.2. The number of benzene rings is 1. The van der Waals surface area contributed by atoms with Gasteiger partial charge in [0.1, 0.15) is 11.5 Å². The Hall–Kier alpha value is -2.31. The molecule has 0 spiro atoms. The lowest BCUT2D eigenvalue weighted by Crippen LogP contribution is -2.37. The van der Waals surface area contributed by atoms with Gasteiger partial charge < -0.3 is 10.1 Å². The van der Waals surface area contributed by atoms with Crippen LogP contribution in [0, 0.1) is 0 Å². The minimum absolute atomic E-state index is 0.136. The van der Waals surface area contributed by atoms with Gasteiger partial charge in [0.2, 0.25) is 15.9 Å². The van der Waals surface area contributed by atoms with Crippen molar-refractivity contribution < 1.29 is 35.9 Å². The zero-order valence-electron chi connectivity index (χ0n) is 17.6. The summed E-state index contributed by atoms with van der Waals surface area (Å²) in [4.78, 5) is 26.1. The van der Waals surface area contributed by atoms with Crippen molar-refractivity contribution in [3.05, 3.63) is 44.8 Å². The van der Waals surface area contributed by atoms with Gasteiger partial charge in [0, 0.05) is 4.88 Å². The number of thiophene rings is 1. The summed E-state index contributed by atoms with van der Waals surface area (Å²) in [5.41, 5.74) is -0.570. The van der Waals surface area contributed by atoms with Crippen molar-refractivity contribution >= 4 is 55.5 Å². The molecule has 1 aromatic heterocycles. The van der Waals surface area contributed by atoms with E-state index in [1.165, 1.54) is 11.3 Å². The van der Waals surface area contributed by atoms with E-state index in [-0.39, 0.29) is 22.9 Å². The van der Waals surface area contributed by atoms with Crippen LogP contribution >= 0.6 is 22.9 Å². The molecule has 33 heavy (non-hydrogen) atoms. The van der Waals surface area contributed by atoms with Gasteiger partial charge in [-0.05, 0) is 49.9 Å². The first-order chi connectivity index (χ1) is 15.3. The molecule has 1 aromatic carbocycles. The monoisotopic (exact) mass is 524 g/mol. The predicted octanol–water partition coefficient (Wildman–Crippen LogP) is 4.49. The number of hydrogen-bond acceptors (Lipinski definition) is 6. The molecular weight excluding hydrogens is 505 g/mol. The smallest absolute Gasteiger partial charge is 0.417 e. The van der Waals surface area contributed by atoms with E-state index in [0.29, 0.717) is 16.8 Å². The SMILES string of the molecule is CCOC(=O)c1c(NC(=O)CN(c2ccc(Cl)c(C(F)(F)F)c2)S(C)(=O)=O)sc2c1CCC2. The molecule has 2 aromatic rings. The molecule has 1 heterocycles. The number of halogens is 4. The largest absolute Gasteiger partial charge is 0.462 e. The quantitative estimate of drug-likeness (QED) is 0.539. The van der Waals surface area contributed by atoms with Crippen molar-refractivity contribution in [1.29, 1.82) is 0 Å². The second-order valence-electron chi connectivity index (χ2n) is 7.26. The molecule has 3 rings (SSSR count). The minimum atomic E-state index is -4.81. The molecule has 1 aliphatic rings. The van der Waals surface area contributed by atoms with Crippen LogP contribution in [0.2, 0.25) is 5.02 Å². The Bertz CT molecular complexity index is 1200. The summed E-state index contributed by atoms with van der Waals surface area (Å²) in [6, 6.07) is 2.56. The molecule has 0 fully saturated rings.